The van der Waals surface area contributed by atoms with E-state index in [1.165, 1.54) is 26.2 Å². The minimum Gasteiger partial charge on any atom is -0.507 e. The minimum atomic E-state index is -1.87. The molecule has 0 saturated heterocycles. The van der Waals surface area contributed by atoms with E-state index in [4.69, 9.17) is 9.47 Å². The van der Waals surface area contributed by atoms with Gasteiger partial charge in [-0.25, -0.2) is 0 Å². The van der Waals surface area contributed by atoms with Crippen molar-refractivity contribution in [2.45, 2.75) is 57.8 Å². The SMILES string of the molecule is COc1cccc2c1C(=O)c1c(O)c3c(c(O)c1C2=O)C[C@@](O)(C(C)=O)C[C@H]3OC(C)(C)C. The van der Waals surface area contributed by atoms with Crippen LogP contribution in [0.5, 0.6) is 17.2 Å². The molecular formula is C25H26O8. The zero-order valence-electron chi connectivity index (χ0n) is 19.1. The fourth-order valence-corrected chi connectivity index (χ4v) is 4.71. The molecule has 3 N–H and O–H groups in total. The summed E-state index contributed by atoms with van der Waals surface area (Å²) in [4.78, 5) is 39.1. The zero-order valence-corrected chi connectivity index (χ0v) is 19.1. The Morgan fingerprint density at radius 1 is 1.06 bits per heavy atom. The summed E-state index contributed by atoms with van der Waals surface area (Å²) < 4.78 is 11.3. The molecule has 8 nitrogen and oxygen atoms in total. The fraction of sp³-hybridized carbons (Fsp3) is 0.400. The van der Waals surface area contributed by atoms with Crippen LogP contribution in [0.1, 0.15) is 83.2 Å². The largest absolute Gasteiger partial charge is 0.507 e. The quantitative estimate of drug-likeness (QED) is 0.515. The summed E-state index contributed by atoms with van der Waals surface area (Å²) in [7, 11) is 1.36. The van der Waals surface area contributed by atoms with Crippen molar-refractivity contribution < 1.29 is 39.2 Å². The van der Waals surface area contributed by atoms with E-state index in [-0.39, 0.29) is 52.0 Å². The highest BCUT2D eigenvalue weighted by Gasteiger charge is 2.48. The number of fused-ring (bicyclic) bond motifs is 3. The Morgan fingerprint density at radius 3 is 2.27 bits per heavy atom. The molecule has 4 rings (SSSR count). The third kappa shape index (κ3) is 3.41. The Balaban J connectivity index is 2.04. The molecule has 8 heteroatoms. The average molecular weight is 454 g/mol. The van der Waals surface area contributed by atoms with Crippen LogP contribution in [0.3, 0.4) is 0 Å². The van der Waals surface area contributed by atoms with Gasteiger partial charge >= 0.3 is 0 Å². The molecule has 0 radical (unpaired) electrons. The van der Waals surface area contributed by atoms with E-state index in [0.717, 1.165) is 0 Å². The van der Waals surface area contributed by atoms with Crippen LogP contribution in [0.2, 0.25) is 0 Å². The zero-order chi connectivity index (χ0) is 24.5. The van der Waals surface area contributed by atoms with Gasteiger partial charge in [0, 0.05) is 29.5 Å². The summed E-state index contributed by atoms with van der Waals surface area (Å²) in [5.41, 5.74) is -3.20. The molecule has 2 aliphatic rings. The number of aliphatic hydroxyl groups is 1. The number of hydrogen-bond acceptors (Lipinski definition) is 8. The third-order valence-corrected chi connectivity index (χ3v) is 6.23. The molecule has 2 atom stereocenters. The summed E-state index contributed by atoms with van der Waals surface area (Å²) in [6.45, 7) is 6.52. The topological polar surface area (TPSA) is 130 Å². The Morgan fingerprint density at radius 2 is 1.70 bits per heavy atom. The molecule has 0 saturated carbocycles. The van der Waals surface area contributed by atoms with Crippen LogP contribution in [-0.4, -0.2) is 51.0 Å². The molecule has 0 aromatic heterocycles. The molecule has 33 heavy (non-hydrogen) atoms. The van der Waals surface area contributed by atoms with Crippen LogP contribution >= 0.6 is 0 Å². The summed E-state index contributed by atoms with van der Waals surface area (Å²) in [6.07, 6.45) is -1.53. The van der Waals surface area contributed by atoms with Crippen molar-refractivity contribution in [3.8, 4) is 17.2 Å². The third-order valence-electron chi connectivity index (χ3n) is 6.23. The molecule has 0 spiro atoms. The summed E-state index contributed by atoms with van der Waals surface area (Å²) >= 11 is 0. The molecule has 0 bridgehead atoms. The fourth-order valence-electron chi connectivity index (χ4n) is 4.71. The predicted molar refractivity (Wildman–Crippen MR) is 117 cm³/mol. The van der Waals surface area contributed by atoms with Crippen LogP contribution in [0.15, 0.2) is 18.2 Å². The second-order valence-corrected chi connectivity index (χ2v) is 9.57. The molecule has 2 aliphatic carbocycles. The smallest absolute Gasteiger partial charge is 0.202 e. The van der Waals surface area contributed by atoms with Gasteiger partial charge < -0.3 is 24.8 Å². The molecule has 0 unspecified atom stereocenters. The Bertz CT molecular complexity index is 1220. The molecule has 0 heterocycles. The number of aromatic hydroxyl groups is 2. The summed E-state index contributed by atoms with van der Waals surface area (Å²) in [5.74, 6) is -2.76. The molecule has 2 aromatic carbocycles. The van der Waals surface area contributed by atoms with Gasteiger partial charge in [0.1, 0.15) is 22.8 Å². The van der Waals surface area contributed by atoms with Gasteiger partial charge in [-0.3, -0.25) is 14.4 Å². The maximum absolute atomic E-state index is 13.5. The number of Topliss-reactive ketones (excluding diaryl/α,β-unsaturated/α-hetero) is 1. The highest BCUT2D eigenvalue weighted by atomic mass is 16.5. The number of ether oxygens (including phenoxy) is 2. The molecule has 174 valence electrons. The lowest BCUT2D eigenvalue weighted by Crippen LogP contribution is -2.45. The first kappa shape index (κ1) is 22.9. The lowest BCUT2D eigenvalue weighted by molar-refractivity contribution is -0.147. The van der Waals surface area contributed by atoms with E-state index in [0.29, 0.717) is 0 Å². The number of carbonyl (C=O) groups excluding carboxylic acids is 3. The van der Waals surface area contributed by atoms with Crippen LogP contribution in [0.25, 0.3) is 0 Å². The van der Waals surface area contributed by atoms with Crippen molar-refractivity contribution >= 4 is 17.3 Å². The van der Waals surface area contributed by atoms with E-state index in [9.17, 15) is 29.7 Å². The first-order valence-corrected chi connectivity index (χ1v) is 10.6. The van der Waals surface area contributed by atoms with E-state index in [1.54, 1.807) is 26.8 Å². The summed E-state index contributed by atoms with van der Waals surface area (Å²) in [6, 6.07) is 4.52. The van der Waals surface area contributed by atoms with Crippen molar-refractivity contribution in [2.24, 2.45) is 0 Å². The van der Waals surface area contributed by atoms with Crippen molar-refractivity contribution in [1.82, 2.24) is 0 Å². The lowest BCUT2D eigenvalue weighted by Gasteiger charge is -2.40. The number of benzene rings is 2. The van der Waals surface area contributed by atoms with Gasteiger partial charge in [0.25, 0.3) is 0 Å². The standard InChI is InChI=1S/C25H26O8/c1-11(26)25(31)9-13-17(15(10-25)33-24(2,3)4)23(30)19-18(21(13)28)20(27)12-7-6-8-14(32-5)16(12)22(19)29/h6-8,15,28,30-31H,9-10H2,1-5H3/t15-,25+/m1/s1. The number of ketones is 3. The van der Waals surface area contributed by atoms with Crippen molar-refractivity contribution in [2.75, 3.05) is 7.11 Å². The lowest BCUT2D eigenvalue weighted by atomic mass is 9.72. The van der Waals surface area contributed by atoms with Crippen LogP contribution in [0, 0.1) is 0 Å². The van der Waals surface area contributed by atoms with Gasteiger partial charge in [-0.15, -0.1) is 0 Å². The number of hydrogen-bond donors (Lipinski definition) is 3. The number of methoxy groups -OCH3 is 1. The molecule has 2 aromatic rings. The van der Waals surface area contributed by atoms with Gasteiger partial charge in [0.2, 0.25) is 5.78 Å². The highest BCUT2D eigenvalue weighted by molar-refractivity contribution is 6.31. The van der Waals surface area contributed by atoms with Crippen LogP contribution in [0.4, 0.5) is 0 Å². The first-order chi connectivity index (χ1) is 15.3. The van der Waals surface area contributed by atoms with E-state index in [1.807, 2.05) is 0 Å². The average Bonchev–Trinajstić information content (AvgIpc) is 2.72. The highest BCUT2D eigenvalue weighted by Crippen LogP contribution is 2.52. The second-order valence-electron chi connectivity index (χ2n) is 9.57. The number of carbonyl (C=O) groups is 3. The normalized spacial score (nSPS) is 21.8. The molecular weight excluding hydrogens is 428 g/mol. The Hall–Kier alpha value is -3.23. The molecule has 0 aliphatic heterocycles. The maximum Gasteiger partial charge on any atom is 0.202 e. The first-order valence-electron chi connectivity index (χ1n) is 10.6. The van der Waals surface area contributed by atoms with Crippen molar-refractivity contribution in [1.29, 1.82) is 0 Å². The number of rotatable bonds is 3. The van der Waals surface area contributed by atoms with Crippen molar-refractivity contribution in [3.63, 3.8) is 0 Å². The Kier molecular flexibility index (Phi) is 5.14. The summed E-state index contributed by atoms with van der Waals surface area (Å²) in [5, 5.41) is 33.5. The molecule has 0 amide bonds. The Labute approximate surface area is 190 Å². The maximum atomic E-state index is 13.5. The van der Waals surface area contributed by atoms with E-state index >= 15 is 0 Å². The minimum absolute atomic E-state index is 0.00325. The number of phenolic OH excluding ortho intramolecular Hbond substituents is 2. The van der Waals surface area contributed by atoms with E-state index < -0.39 is 46.2 Å². The van der Waals surface area contributed by atoms with E-state index in [2.05, 4.69) is 0 Å². The van der Waals surface area contributed by atoms with Crippen LogP contribution in [-0.2, 0) is 16.0 Å². The van der Waals surface area contributed by atoms with Gasteiger partial charge in [-0.2, -0.15) is 0 Å². The molecule has 0 fully saturated rings. The van der Waals surface area contributed by atoms with Crippen LogP contribution < -0.4 is 4.74 Å². The second kappa shape index (κ2) is 7.40. The monoisotopic (exact) mass is 454 g/mol. The van der Waals surface area contributed by atoms with Crippen molar-refractivity contribution in [3.05, 3.63) is 51.6 Å². The predicted octanol–water partition coefficient (Wildman–Crippen LogP) is 3.00. The number of phenols is 2. The van der Waals surface area contributed by atoms with Gasteiger partial charge in [0.15, 0.2) is 11.6 Å². The van der Waals surface area contributed by atoms with Gasteiger partial charge in [-0.05, 0) is 33.8 Å². The van der Waals surface area contributed by atoms with Gasteiger partial charge in [-0.1, -0.05) is 12.1 Å². The van der Waals surface area contributed by atoms with Gasteiger partial charge in [0.05, 0.1) is 35.5 Å².